The van der Waals surface area contributed by atoms with Crippen molar-refractivity contribution in [1.29, 1.82) is 0 Å². The van der Waals surface area contributed by atoms with Crippen LogP contribution in [0.25, 0.3) is 0 Å². The first kappa shape index (κ1) is 19.6. The van der Waals surface area contributed by atoms with Gasteiger partial charge < -0.3 is 19.5 Å². The van der Waals surface area contributed by atoms with Crippen molar-refractivity contribution in [1.82, 2.24) is 14.8 Å². The molecule has 0 bridgehead atoms. The van der Waals surface area contributed by atoms with Gasteiger partial charge in [-0.2, -0.15) is 10.1 Å². The Hall–Kier alpha value is -3.33. The first-order chi connectivity index (χ1) is 15.2. The monoisotopic (exact) mass is 438 g/mol. The quantitative estimate of drug-likeness (QED) is 0.649. The average Bonchev–Trinajstić information content (AvgIpc) is 3.48. The van der Waals surface area contributed by atoms with Crippen LogP contribution < -0.4 is 19.5 Å². The number of ketones is 1. The number of rotatable bonds is 5. The maximum atomic E-state index is 13.5. The van der Waals surface area contributed by atoms with Crippen molar-refractivity contribution >= 4 is 23.1 Å². The van der Waals surface area contributed by atoms with Crippen molar-refractivity contribution in [3.63, 3.8) is 0 Å². The van der Waals surface area contributed by atoms with Crippen LogP contribution >= 0.6 is 11.3 Å². The SMILES string of the molecule is COc1ccc([C@H]2C3=C(C[C@H](c4cccs4)CC3=O)Nc3ncnn32)c(OC)c1OC. The summed E-state index contributed by atoms with van der Waals surface area (Å²) < 4.78 is 18.5. The summed E-state index contributed by atoms with van der Waals surface area (Å²) in [5, 5.41) is 9.81. The highest BCUT2D eigenvalue weighted by molar-refractivity contribution is 7.10. The fourth-order valence-corrected chi connectivity index (χ4v) is 5.33. The van der Waals surface area contributed by atoms with Gasteiger partial charge in [-0.15, -0.1) is 11.3 Å². The maximum Gasteiger partial charge on any atom is 0.226 e. The third-order valence-corrected chi connectivity index (χ3v) is 6.87. The summed E-state index contributed by atoms with van der Waals surface area (Å²) in [6.07, 6.45) is 2.68. The van der Waals surface area contributed by atoms with E-state index < -0.39 is 6.04 Å². The van der Waals surface area contributed by atoms with E-state index in [1.165, 1.54) is 11.2 Å². The first-order valence-corrected chi connectivity index (χ1v) is 10.8. The molecule has 5 rings (SSSR count). The number of nitrogens with one attached hydrogen (secondary N) is 1. The number of aromatic nitrogens is 3. The van der Waals surface area contributed by atoms with Gasteiger partial charge in [0.1, 0.15) is 12.4 Å². The molecule has 1 aliphatic heterocycles. The minimum atomic E-state index is -0.472. The van der Waals surface area contributed by atoms with Crippen molar-refractivity contribution in [3.05, 3.63) is 57.7 Å². The number of methoxy groups -OCH3 is 3. The highest BCUT2D eigenvalue weighted by atomic mass is 32.1. The van der Waals surface area contributed by atoms with Gasteiger partial charge in [0.2, 0.25) is 11.7 Å². The molecule has 0 saturated carbocycles. The molecule has 0 saturated heterocycles. The molecule has 0 amide bonds. The number of ether oxygens (including phenoxy) is 3. The number of thiophene rings is 1. The zero-order valence-electron chi connectivity index (χ0n) is 17.4. The number of hydrogen-bond donors (Lipinski definition) is 1. The Labute approximate surface area is 183 Å². The molecule has 2 atom stereocenters. The lowest BCUT2D eigenvalue weighted by molar-refractivity contribution is -0.116. The second kappa shape index (κ2) is 7.73. The van der Waals surface area contributed by atoms with Crippen molar-refractivity contribution < 1.29 is 19.0 Å². The fourth-order valence-electron chi connectivity index (χ4n) is 4.50. The van der Waals surface area contributed by atoms with Crippen LogP contribution in [0, 0.1) is 0 Å². The van der Waals surface area contributed by atoms with Crippen molar-refractivity contribution in [2.24, 2.45) is 0 Å². The van der Waals surface area contributed by atoms with Crippen LogP contribution in [0.1, 0.15) is 35.2 Å². The van der Waals surface area contributed by atoms with Crippen molar-refractivity contribution in [2.45, 2.75) is 24.8 Å². The smallest absolute Gasteiger partial charge is 0.226 e. The molecule has 0 unspecified atom stereocenters. The van der Waals surface area contributed by atoms with E-state index in [-0.39, 0.29) is 11.7 Å². The van der Waals surface area contributed by atoms with Crippen molar-refractivity contribution in [2.75, 3.05) is 26.6 Å². The van der Waals surface area contributed by atoms with Gasteiger partial charge in [-0.3, -0.25) is 4.79 Å². The molecule has 0 fully saturated rings. The Morgan fingerprint density at radius 1 is 1.10 bits per heavy atom. The average molecular weight is 439 g/mol. The Kier molecular flexibility index (Phi) is 4.90. The Balaban J connectivity index is 1.67. The molecule has 3 aromatic rings. The predicted molar refractivity (Wildman–Crippen MR) is 116 cm³/mol. The number of hydrogen-bond acceptors (Lipinski definition) is 8. The predicted octanol–water partition coefficient (Wildman–Crippen LogP) is 3.78. The van der Waals surface area contributed by atoms with Gasteiger partial charge in [-0.05, 0) is 30.0 Å². The highest BCUT2D eigenvalue weighted by Gasteiger charge is 2.41. The van der Waals surface area contributed by atoms with E-state index in [1.54, 1.807) is 37.3 Å². The van der Waals surface area contributed by atoms with Gasteiger partial charge >= 0.3 is 0 Å². The fraction of sp³-hybridized carbons (Fsp3) is 0.318. The molecule has 2 aliphatic rings. The Morgan fingerprint density at radius 3 is 2.65 bits per heavy atom. The summed E-state index contributed by atoms with van der Waals surface area (Å²) in [6, 6.07) is 7.35. The number of nitrogens with zero attached hydrogens (tertiary/aromatic N) is 3. The molecule has 9 heteroatoms. The molecule has 0 radical (unpaired) electrons. The second-order valence-electron chi connectivity index (χ2n) is 7.42. The van der Waals surface area contributed by atoms with Crippen LogP contribution in [0.4, 0.5) is 5.95 Å². The summed E-state index contributed by atoms with van der Waals surface area (Å²) in [5.74, 6) is 2.38. The van der Waals surface area contributed by atoms with Gasteiger partial charge in [0.15, 0.2) is 17.3 Å². The lowest BCUT2D eigenvalue weighted by atomic mass is 9.79. The van der Waals surface area contributed by atoms with Gasteiger partial charge in [0, 0.05) is 34.0 Å². The zero-order valence-corrected chi connectivity index (χ0v) is 18.2. The van der Waals surface area contributed by atoms with E-state index in [4.69, 9.17) is 14.2 Å². The summed E-state index contributed by atoms with van der Waals surface area (Å²) in [7, 11) is 4.72. The minimum absolute atomic E-state index is 0.0927. The molecular formula is C22H22N4O4S. The topological polar surface area (TPSA) is 87.5 Å². The third kappa shape index (κ3) is 3.07. The van der Waals surface area contributed by atoms with E-state index in [1.807, 2.05) is 23.6 Å². The van der Waals surface area contributed by atoms with Crippen LogP contribution in [0.15, 0.2) is 47.2 Å². The number of carbonyl (C=O) groups excluding carboxylic acids is 1. The van der Waals surface area contributed by atoms with Crippen LogP contribution in [0.2, 0.25) is 0 Å². The number of anilines is 1. The molecular weight excluding hydrogens is 416 g/mol. The number of carbonyl (C=O) groups is 1. The van der Waals surface area contributed by atoms with Crippen LogP contribution in [0.3, 0.4) is 0 Å². The van der Waals surface area contributed by atoms with Gasteiger partial charge in [-0.1, -0.05) is 6.07 Å². The molecule has 1 N–H and O–H groups in total. The number of Topliss-reactive ketones (excluding diaryl/α,β-unsaturated/α-hetero) is 1. The van der Waals surface area contributed by atoms with Crippen LogP contribution in [-0.4, -0.2) is 41.9 Å². The zero-order chi connectivity index (χ0) is 21.5. The van der Waals surface area contributed by atoms with Gasteiger partial charge in [0.05, 0.1) is 21.3 Å². The van der Waals surface area contributed by atoms with E-state index in [9.17, 15) is 4.79 Å². The minimum Gasteiger partial charge on any atom is -0.493 e. The van der Waals surface area contributed by atoms with Crippen LogP contribution in [0.5, 0.6) is 17.2 Å². The van der Waals surface area contributed by atoms with E-state index >= 15 is 0 Å². The number of allylic oxidation sites excluding steroid dienone is 2. The van der Waals surface area contributed by atoms with Gasteiger partial charge in [0.25, 0.3) is 0 Å². The first-order valence-electron chi connectivity index (χ1n) is 9.91. The van der Waals surface area contributed by atoms with E-state index in [2.05, 4.69) is 21.5 Å². The molecule has 3 heterocycles. The summed E-state index contributed by atoms with van der Waals surface area (Å²) in [4.78, 5) is 19.1. The van der Waals surface area contributed by atoms with Gasteiger partial charge in [-0.25, -0.2) is 4.68 Å². The number of benzene rings is 1. The molecule has 160 valence electrons. The Bertz CT molecular complexity index is 1170. The third-order valence-electron chi connectivity index (χ3n) is 5.84. The molecule has 1 aromatic carbocycles. The summed E-state index contributed by atoms with van der Waals surface area (Å²) in [6.45, 7) is 0. The highest BCUT2D eigenvalue weighted by Crippen LogP contribution is 2.49. The Morgan fingerprint density at radius 2 is 1.94 bits per heavy atom. The number of fused-ring (bicyclic) bond motifs is 1. The largest absolute Gasteiger partial charge is 0.493 e. The molecule has 31 heavy (non-hydrogen) atoms. The maximum absolute atomic E-state index is 13.5. The standard InChI is InChI=1S/C22H22N4O4S/c1-28-16-7-6-13(20(29-2)21(16)30-3)19-18-14(25-22-23-11-24-26(19)22)9-12(10-15(18)27)17-5-4-8-31-17/h4-8,11-12,19H,9-10H2,1-3H3,(H,23,24,25)/t12-,19-/m0/s1. The normalized spacial score (nSPS) is 20.0. The summed E-state index contributed by atoms with van der Waals surface area (Å²) >= 11 is 1.68. The lowest BCUT2D eigenvalue weighted by Crippen LogP contribution is -2.33. The molecule has 8 nitrogen and oxygen atoms in total. The van der Waals surface area contributed by atoms with E-state index in [0.29, 0.717) is 35.2 Å². The summed E-state index contributed by atoms with van der Waals surface area (Å²) in [5.41, 5.74) is 2.34. The van der Waals surface area contributed by atoms with E-state index in [0.717, 1.165) is 17.7 Å². The lowest BCUT2D eigenvalue weighted by Gasteiger charge is -2.35. The molecule has 0 spiro atoms. The molecule has 1 aliphatic carbocycles. The van der Waals surface area contributed by atoms with Crippen LogP contribution in [-0.2, 0) is 4.79 Å². The second-order valence-corrected chi connectivity index (χ2v) is 8.39. The van der Waals surface area contributed by atoms with Crippen molar-refractivity contribution in [3.8, 4) is 17.2 Å². The molecule has 2 aromatic heterocycles.